The van der Waals surface area contributed by atoms with Gasteiger partial charge in [0, 0.05) is 17.9 Å². The van der Waals surface area contributed by atoms with Crippen molar-refractivity contribution < 1.29 is 17.7 Å². The summed E-state index contributed by atoms with van der Waals surface area (Å²) < 4.78 is 35.1. The average molecular weight is 298 g/mol. The van der Waals surface area contributed by atoms with Crippen LogP contribution in [0.1, 0.15) is 27.7 Å². The molecule has 1 aromatic heterocycles. The summed E-state index contributed by atoms with van der Waals surface area (Å²) in [5, 5.41) is 0. The molecular formula is C12H19BN2O4S. The van der Waals surface area contributed by atoms with Gasteiger partial charge in [0.15, 0.2) is 9.84 Å². The van der Waals surface area contributed by atoms with Crippen molar-refractivity contribution in [1.82, 2.24) is 4.98 Å². The van der Waals surface area contributed by atoms with Gasteiger partial charge in [-0.3, -0.25) is 0 Å². The van der Waals surface area contributed by atoms with Crippen molar-refractivity contribution in [3.05, 3.63) is 12.3 Å². The number of sulfone groups is 1. The van der Waals surface area contributed by atoms with Crippen LogP contribution in [0.25, 0.3) is 0 Å². The van der Waals surface area contributed by atoms with Gasteiger partial charge in [0.05, 0.1) is 11.2 Å². The maximum absolute atomic E-state index is 11.7. The van der Waals surface area contributed by atoms with Crippen molar-refractivity contribution in [1.29, 1.82) is 0 Å². The molecule has 6 nitrogen and oxygen atoms in total. The minimum atomic E-state index is -3.44. The van der Waals surface area contributed by atoms with Crippen LogP contribution in [0, 0.1) is 0 Å². The summed E-state index contributed by atoms with van der Waals surface area (Å²) in [6, 6.07) is 1.46. The summed E-state index contributed by atoms with van der Waals surface area (Å²) >= 11 is 0. The first-order valence-electron chi connectivity index (χ1n) is 6.25. The maximum Gasteiger partial charge on any atom is 0.496 e. The van der Waals surface area contributed by atoms with E-state index in [1.54, 1.807) is 0 Å². The predicted octanol–water partition coefficient (Wildman–Crippen LogP) is 0.367. The number of nitrogens with zero attached hydrogens (tertiary/aromatic N) is 1. The van der Waals surface area contributed by atoms with Crippen LogP contribution in [0.2, 0.25) is 0 Å². The van der Waals surface area contributed by atoms with Gasteiger partial charge in [-0.05, 0) is 33.8 Å². The number of nitrogens with two attached hydrogens (primary N) is 1. The third-order valence-electron chi connectivity index (χ3n) is 3.83. The molecule has 2 N–H and O–H groups in total. The van der Waals surface area contributed by atoms with Gasteiger partial charge in [-0.15, -0.1) is 0 Å². The normalized spacial score (nSPS) is 21.1. The summed E-state index contributed by atoms with van der Waals surface area (Å²) in [6.07, 6.45) is 2.57. The molecule has 8 heteroatoms. The number of hydrogen-bond donors (Lipinski definition) is 1. The molecule has 0 aromatic carbocycles. The lowest BCUT2D eigenvalue weighted by Gasteiger charge is -2.32. The monoisotopic (exact) mass is 298 g/mol. The van der Waals surface area contributed by atoms with E-state index in [0.29, 0.717) is 5.46 Å². The van der Waals surface area contributed by atoms with Crippen molar-refractivity contribution >= 4 is 28.2 Å². The number of pyridine rings is 1. The molecule has 1 saturated heterocycles. The Morgan fingerprint density at radius 3 is 2.15 bits per heavy atom. The molecule has 1 aliphatic heterocycles. The van der Waals surface area contributed by atoms with E-state index in [0.717, 1.165) is 6.26 Å². The fraction of sp³-hybridized carbons (Fsp3) is 0.583. The Bertz CT molecular complexity index is 627. The molecular weight excluding hydrogens is 279 g/mol. The number of aromatic nitrogens is 1. The second kappa shape index (κ2) is 4.44. The third-order valence-corrected chi connectivity index (χ3v) is 4.95. The fourth-order valence-corrected chi connectivity index (χ4v) is 2.66. The van der Waals surface area contributed by atoms with Crippen molar-refractivity contribution in [2.24, 2.45) is 0 Å². The van der Waals surface area contributed by atoms with Gasteiger partial charge in [0.25, 0.3) is 0 Å². The van der Waals surface area contributed by atoms with Crippen LogP contribution in [-0.4, -0.2) is 38.0 Å². The summed E-state index contributed by atoms with van der Waals surface area (Å²) in [4.78, 5) is 3.91. The minimum absolute atomic E-state index is 0.00953. The fourth-order valence-electron chi connectivity index (χ4n) is 1.88. The molecule has 0 radical (unpaired) electrons. The maximum atomic E-state index is 11.7. The van der Waals surface area contributed by atoms with E-state index < -0.39 is 28.2 Å². The largest absolute Gasteiger partial charge is 0.496 e. The smallest absolute Gasteiger partial charge is 0.399 e. The SMILES string of the molecule is CC1(C)OB(c2cnc(N)c(S(C)(=O)=O)c2)OC1(C)C. The molecule has 0 atom stereocenters. The molecule has 2 heterocycles. The van der Waals surface area contributed by atoms with Gasteiger partial charge in [-0.25, -0.2) is 13.4 Å². The van der Waals surface area contributed by atoms with E-state index in [4.69, 9.17) is 15.0 Å². The van der Waals surface area contributed by atoms with Crippen LogP contribution < -0.4 is 11.2 Å². The number of nitrogen functional groups attached to an aromatic ring is 1. The lowest BCUT2D eigenvalue weighted by molar-refractivity contribution is 0.00578. The first-order chi connectivity index (χ1) is 8.94. The molecule has 1 aliphatic rings. The number of anilines is 1. The molecule has 0 amide bonds. The number of hydrogen-bond acceptors (Lipinski definition) is 6. The van der Waals surface area contributed by atoms with E-state index in [-0.39, 0.29) is 10.7 Å². The molecule has 0 unspecified atom stereocenters. The van der Waals surface area contributed by atoms with Crippen LogP contribution in [-0.2, 0) is 19.1 Å². The van der Waals surface area contributed by atoms with E-state index in [2.05, 4.69) is 4.98 Å². The lowest BCUT2D eigenvalue weighted by atomic mass is 9.80. The topological polar surface area (TPSA) is 91.5 Å². The molecule has 1 aromatic rings. The molecule has 1 fully saturated rings. The van der Waals surface area contributed by atoms with E-state index in [1.165, 1.54) is 12.3 Å². The summed E-state index contributed by atoms with van der Waals surface area (Å²) in [7, 11) is -4.10. The zero-order chi connectivity index (χ0) is 15.3. The molecule has 110 valence electrons. The first kappa shape index (κ1) is 15.3. The van der Waals surface area contributed by atoms with Crippen LogP contribution in [0.3, 0.4) is 0 Å². The standard InChI is InChI=1S/C12H19BN2O4S/c1-11(2)12(3,4)19-13(18-11)8-6-9(20(5,16)17)10(14)15-7-8/h6-7H,1-5H3,(H2,14,15). The minimum Gasteiger partial charge on any atom is -0.399 e. The zero-order valence-electron chi connectivity index (χ0n) is 12.3. The molecule has 0 aliphatic carbocycles. The first-order valence-corrected chi connectivity index (χ1v) is 8.14. The highest BCUT2D eigenvalue weighted by molar-refractivity contribution is 7.90. The molecule has 0 spiro atoms. The Hall–Kier alpha value is -1.12. The van der Waals surface area contributed by atoms with Crippen molar-refractivity contribution in [2.75, 3.05) is 12.0 Å². The van der Waals surface area contributed by atoms with Crippen LogP contribution >= 0.6 is 0 Å². The van der Waals surface area contributed by atoms with Crippen molar-refractivity contribution in [2.45, 2.75) is 43.8 Å². The summed E-state index contributed by atoms with van der Waals surface area (Å²) in [5.41, 5.74) is 5.16. The highest BCUT2D eigenvalue weighted by Crippen LogP contribution is 2.36. The predicted molar refractivity (Wildman–Crippen MR) is 77.5 cm³/mol. The van der Waals surface area contributed by atoms with Crippen molar-refractivity contribution in [3.8, 4) is 0 Å². The second-order valence-corrected chi connectivity index (χ2v) is 8.00. The Balaban J connectivity index is 2.42. The van der Waals surface area contributed by atoms with E-state index in [1.807, 2.05) is 27.7 Å². The van der Waals surface area contributed by atoms with Crippen LogP contribution in [0.5, 0.6) is 0 Å². The highest BCUT2D eigenvalue weighted by Gasteiger charge is 2.52. The van der Waals surface area contributed by atoms with Gasteiger partial charge in [0.2, 0.25) is 0 Å². The van der Waals surface area contributed by atoms with Gasteiger partial charge in [-0.1, -0.05) is 0 Å². The van der Waals surface area contributed by atoms with Crippen molar-refractivity contribution in [3.63, 3.8) is 0 Å². The highest BCUT2D eigenvalue weighted by atomic mass is 32.2. The Labute approximate surface area is 119 Å². The Morgan fingerprint density at radius 1 is 1.20 bits per heavy atom. The summed E-state index contributed by atoms with van der Waals surface area (Å²) in [5.74, 6) is -0.0206. The molecule has 0 saturated carbocycles. The number of rotatable bonds is 2. The Morgan fingerprint density at radius 2 is 1.70 bits per heavy atom. The quantitative estimate of drug-likeness (QED) is 0.793. The second-order valence-electron chi connectivity index (χ2n) is 6.01. The lowest BCUT2D eigenvalue weighted by Crippen LogP contribution is -2.41. The molecule has 2 rings (SSSR count). The third kappa shape index (κ3) is 2.55. The van der Waals surface area contributed by atoms with Gasteiger partial charge >= 0.3 is 7.12 Å². The Kier molecular flexibility index (Phi) is 3.39. The van der Waals surface area contributed by atoms with E-state index in [9.17, 15) is 8.42 Å². The summed E-state index contributed by atoms with van der Waals surface area (Å²) in [6.45, 7) is 7.70. The van der Waals surface area contributed by atoms with Gasteiger partial charge < -0.3 is 15.0 Å². The van der Waals surface area contributed by atoms with Crippen LogP contribution in [0.15, 0.2) is 17.2 Å². The zero-order valence-corrected chi connectivity index (χ0v) is 13.1. The van der Waals surface area contributed by atoms with E-state index >= 15 is 0 Å². The van der Waals surface area contributed by atoms with Crippen LogP contribution in [0.4, 0.5) is 5.82 Å². The molecule has 20 heavy (non-hydrogen) atoms. The van der Waals surface area contributed by atoms with Gasteiger partial charge in [-0.2, -0.15) is 0 Å². The average Bonchev–Trinajstić information content (AvgIpc) is 2.47. The van der Waals surface area contributed by atoms with Gasteiger partial charge in [0.1, 0.15) is 10.7 Å². The molecule has 0 bridgehead atoms.